The number of carbonyl (C=O) groups is 1. The number of carbonyl (C=O) groups excluding carboxylic acids is 1. The summed E-state index contributed by atoms with van der Waals surface area (Å²) in [6.07, 6.45) is 0. The highest BCUT2D eigenvalue weighted by Crippen LogP contribution is 2.30. The van der Waals surface area contributed by atoms with E-state index in [4.69, 9.17) is 9.47 Å². The van der Waals surface area contributed by atoms with Crippen molar-refractivity contribution in [3.63, 3.8) is 0 Å². The molecule has 23 heavy (non-hydrogen) atoms. The Balaban J connectivity index is 2.99. The van der Waals surface area contributed by atoms with Gasteiger partial charge in [-0.1, -0.05) is 13.8 Å². The molecule has 0 heterocycles. The molecule has 1 aromatic rings. The van der Waals surface area contributed by atoms with E-state index in [0.717, 1.165) is 0 Å². The lowest BCUT2D eigenvalue weighted by atomic mass is 10.1. The summed E-state index contributed by atoms with van der Waals surface area (Å²) in [5.41, 5.74) is 0.347. The van der Waals surface area contributed by atoms with Gasteiger partial charge in [-0.25, -0.2) is 0 Å². The van der Waals surface area contributed by atoms with Crippen LogP contribution in [0, 0.1) is 5.92 Å². The van der Waals surface area contributed by atoms with Crippen LogP contribution in [0.5, 0.6) is 11.5 Å². The first-order valence-electron chi connectivity index (χ1n) is 7.30. The van der Waals surface area contributed by atoms with E-state index in [9.17, 15) is 13.6 Å². The molecule has 0 bridgehead atoms. The van der Waals surface area contributed by atoms with Crippen LogP contribution >= 0.6 is 0 Å². The zero-order valence-corrected chi connectivity index (χ0v) is 13.8. The second-order valence-corrected chi connectivity index (χ2v) is 5.38. The van der Waals surface area contributed by atoms with Crippen LogP contribution in [0.15, 0.2) is 18.2 Å². The van der Waals surface area contributed by atoms with Crippen molar-refractivity contribution in [3.05, 3.63) is 23.8 Å². The van der Waals surface area contributed by atoms with E-state index in [1.54, 1.807) is 12.0 Å². The molecule has 130 valence electrons. The van der Waals surface area contributed by atoms with Gasteiger partial charge in [-0.15, -0.1) is 0 Å². The summed E-state index contributed by atoms with van der Waals surface area (Å²) in [6.45, 7) is 2.50. The van der Waals surface area contributed by atoms with Gasteiger partial charge in [0.1, 0.15) is 0 Å². The first-order chi connectivity index (χ1) is 10.9. The average Bonchev–Trinajstić information content (AvgIpc) is 2.50. The number of methoxy groups -OCH3 is 2. The number of hydrogen-bond acceptors (Lipinski definition) is 4. The van der Waals surface area contributed by atoms with E-state index in [0.29, 0.717) is 31.2 Å². The lowest BCUT2D eigenvalue weighted by Gasteiger charge is -2.24. The quantitative estimate of drug-likeness (QED) is 0.698. The van der Waals surface area contributed by atoms with Crippen LogP contribution in [-0.2, 0) is 4.74 Å². The lowest BCUT2D eigenvalue weighted by Crippen LogP contribution is -2.36. The molecule has 0 radical (unpaired) electrons. The smallest absolute Gasteiger partial charge is 0.387 e. The van der Waals surface area contributed by atoms with Crippen LogP contribution in [0.25, 0.3) is 0 Å². The number of nitrogens with zero attached hydrogens (tertiary/aromatic N) is 1. The van der Waals surface area contributed by atoms with Crippen LogP contribution in [0.1, 0.15) is 24.2 Å². The molecule has 0 spiro atoms. The minimum atomic E-state index is -2.95. The molecule has 1 aromatic carbocycles. The molecule has 0 aliphatic rings. The third-order valence-electron chi connectivity index (χ3n) is 3.06. The number of alkyl halides is 2. The molecule has 0 atom stereocenters. The molecule has 0 fully saturated rings. The fourth-order valence-corrected chi connectivity index (χ4v) is 2.09. The van der Waals surface area contributed by atoms with Crippen molar-refractivity contribution < 1.29 is 27.8 Å². The van der Waals surface area contributed by atoms with E-state index in [1.807, 2.05) is 13.8 Å². The molecule has 0 saturated heterocycles. The van der Waals surface area contributed by atoms with Gasteiger partial charge in [0.25, 0.3) is 5.91 Å². The predicted molar refractivity (Wildman–Crippen MR) is 82.2 cm³/mol. The monoisotopic (exact) mass is 331 g/mol. The number of hydrogen-bond donors (Lipinski definition) is 0. The van der Waals surface area contributed by atoms with Gasteiger partial charge in [-0.2, -0.15) is 8.78 Å². The molecule has 5 nitrogen and oxygen atoms in total. The first kappa shape index (κ1) is 19.2. The summed E-state index contributed by atoms with van der Waals surface area (Å²) < 4.78 is 39.1. The van der Waals surface area contributed by atoms with Crippen LogP contribution in [0.3, 0.4) is 0 Å². The van der Waals surface area contributed by atoms with E-state index >= 15 is 0 Å². The number of rotatable bonds is 9. The molecule has 0 aliphatic carbocycles. The van der Waals surface area contributed by atoms with E-state index in [2.05, 4.69) is 4.74 Å². The van der Waals surface area contributed by atoms with Crippen molar-refractivity contribution in [2.24, 2.45) is 5.92 Å². The Bertz CT molecular complexity index is 509. The van der Waals surface area contributed by atoms with Gasteiger partial charge in [0.15, 0.2) is 11.5 Å². The van der Waals surface area contributed by atoms with Gasteiger partial charge in [-0.05, 0) is 24.1 Å². The molecule has 0 N–H and O–H groups in total. The maximum Gasteiger partial charge on any atom is 0.387 e. The minimum absolute atomic E-state index is 0.0902. The molecule has 0 saturated carbocycles. The Morgan fingerprint density at radius 2 is 1.91 bits per heavy atom. The van der Waals surface area contributed by atoms with Gasteiger partial charge >= 0.3 is 6.61 Å². The van der Waals surface area contributed by atoms with Gasteiger partial charge < -0.3 is 19.1 Å². The third kappa shape index (κ3) is 6.02. The van der Waals surface area contributed by atoms with Gasteiger partial charge in [0, 0.05) is 25.8 Å². The fourth-order valence-electron chi connectivity index (χ4n) is 2.09. The van der Waals surface area contributed by atoms with Gasteiger partial charge in [0.05, 0.1) is 13.7 Å². The Kier molecular flexibility index (Phi) is 7.74. The van der Waals surface area contributed by atoms with E-state index < -0.39 is 6.61 Å². The van der Waals surface area contributed by atoms with Crippen LogP contribution in [-0.4, -0.2) is 51.3 Å². The highest BCUT2D eigenvalue weighted by molar-refractivity contribution is 5.95. The summed E-state index contributed by atoms with van der Waals surface area (Å²) in [5, 5.41) is 0. The predicted octanol–water partition coefficient (Wildman–Crippen LogP) is 3.04. The Hall–Kier alpha value is -1.89. The second-order valence-electron chi connectivity index (χ2n) is 5.38. The summed E-state index contributed by atoms with van der Waals surface area (Å²) in [5.74, 6) is 0.0653. The molecular formula is C16H23F2NO4. The van der Waals surface area contributed by atoms with Crippen LogP contribution in [0.4, 0.5) is 8.78 Å². The summed E-state index contributed by atoms with van der Waals surface area (Å²) in [7, 11) is 2.90. The largest absolute Gasteiger partial charge is 0.493 e. The Morgan fingerprint density at radius 3 is 2.43 bits per heavy atom. The van der Waals surface area contributed by atoms with E-state index in [-0.39, 0.29) is 17.4 Å². The molecule has 0 unspecified atom stereocenters. The van der Waals surface area contributed by atoms with Crippen molar-refractivity contribution in [1.82, 2.24) is 4.90 Å². The average molecular weight is 331 g/mol. The van der Waals surface area contributed by atoms with Crippen molar-refractivity contribution in [3.8, 4) is 11.5 Å². The SMILES string of the molecule is COCCN(CC(C)C)C(=O)c1ccc(OC(F)F)c(OC)c1. The number of amides is 1. The standard InChI is InChI=1S/C16H23F2NO4/c1-11(2)10-19(7-8-21-3)15(20)12-5-6-13(23-16(17)18)14(9-12)22-4/h5-6,9,11,16H,7-8,10H2,1-4H3. The molecule has 0 aromatic heterocycles. The highest BCUT2D eigenvalue weighted by Gasteiger charge is 2.19. The van der Waals surface area contributed by atoms with Gasteiger partial charge in [0.2, 0.25) is 0 Å². The molecule has 1 rings (SSSR count). The maximum absolute atomic E-state index is 12.6. The third-order valence-corrected chi connectivity index (χ3v) is 3.06. The molecule has 1 amide bonds. The zero-order chi connectivity index (χ0) is 17.4. The number of ether oxygens (including phenoxy) is 3. The highest BCUT2D eigenvalue weighted by atomic mass is 19.3. The van der Waals surface area contributed by atoms with Crippen molar-refractivity contribution in [2.75, 3.05) is 33.9 Å². The molecule has 0 aliphatic heterocycles. The summed E-state index contributed by atoms with van der Waals surface area (Å²) in [4.78, 5) is 14.3. The van der Waals surface area contributed by atoms with Crippen LogP contribution in [0.2, 0.25) is 0 Å². The minimum Gasteiger partial charge on any atom is -0.493 e. The van der Waals surface area contributed by atoms with E-state index in [1.165, 1.54) is 25.3 Å². The Labute approximate surface area is 135 Å². The van der Waals surface area contributed by atoms with Crippen molar-refractivity contribution >= 4 is 5.91 Å². The maximum atomic E-state index is 12.6. The van der Waals surface area contributed by atoms with Crippen LogP contribution < -0.4 is 9.47 Å². The topological polar surface area (TPSA) is 48.0 Å². The molecular weight excluding hydrogens is 308 g/mol. The number of benzene rings is 1. The zero-order valence-electron chi connectivity index (χ0n) is 13.8. The second kappa shape index (κ2) is 9.29. The van der Waals surface area contributed by atoms with Crippen molar-refractivity contribution in [1.29, 1.82) is 0 Å². The van der Waals surface area contributed by atoms with Crippen molar-refractivity contribution in [2.45, 2.75) is 20.5 Å². The molecule has 7 heteroatoms. The summed E-state index contributed by atoms with van der Waals surface area (Å²) in [6, 6.07) is 4.16. The normalized spacial score (nSPS) is 11.0. The number of halogens is 2. The Morgan fingerprint density at radius 1 is 1.22 bits per heavy atom. The lowest BCUT2D eigenvalue weighted by molar-refractivity contribution is -0.0512. The first-order valence-corrected chi connectivity index (χ1v) is 7.30. The van der Waals surface area contributed by atoms with Gasteiger partial charge in [-0.3, -0.25) is 4.79 Å². The fraction of sp³-hybridized carbons (Fsp3) is 0.562. The summed E-state index contributed by atoms with van der Waals surface area (Å²) >= 11 is 0.